The Morgan fingerprint density at radius 1 is 1.33 bits per heavy atom. The molecule has 0 N–H and O–H groups in total. The van der Waals surface area contributed by atoms with Crippen molar-refractivity contribution in [3.05, 3.63) is 29.8 Å². The smallest absolute Gasteiger partial charge is 0.308 e. The Hall–Kier alpha value is -1.31. The summed E-state index contributed by atoms with van der Waals surface area (Å²) in [5.74, 6) is 1.09. The predicted octanol–water partition coefficient (Wildman–Crippen LogP) is 3.27. The van der Waals surface area contributed by atoms with Gasteiger partial charge in [0.05, 0.1) is 0 Å². The van der Waals surface area contributed by atoms with Crippen LogP contribution in [0.15, 0.2) is 24.3 Å². The van der Waals surface area contributed by atoms with Crippen molar-refractivity contribution >= 4 is 5.97 Å². The Morgan fingerprint density at radius 3 is 2.73 bits per heavy atom. The summed E-state index contributed by atoms with van der Waals surface area (Å²) >= 11 is 0. The molecule has 1 fully saturated rings. The molecule has 1 aliphatic rings. The van der Waals surface area contributed by atoms with E-state index in [9.17, 15) is 4.79 Å². The van der Waals surface area contributed by atoms with Crippen molar-refractivity contribution < 1.29 is 9.53 Å². The molecule has 0 amide bonds. The molecule has 0 radical (unpaired) electrons. The standard InChI is InChI=1S/C13H16O2/c1-10(14)15-13-8-4-7-12(9-13)11-5-2-3-6-11/h4,7-9,11H,2-3,5-6H2,1H3. The van der Waals surface area contributed by atoms with Gasteiger partial charge in [-0.15, -0.1) is 0 Å². The summed E-state index contributed by atoms with van der Waals surface area (Å²) in [6.07, 6.45) is 5.18. The first-order chi connectivity index (χ1) is 7.25. The van der Waals surface area contributed by atoms with Crippen molar-refractivity contribution in [2.24, 2.45) is 0 Å². The number of benzene rings is 1. The summed E-state index contributed by atoms with van der Waals surface area (Å²) < 4.78 is 5.08. The second-order valence-electron chi connectivity index (χ2n) is 4.15. The fourth-order valence-corrected chi connectivity index (χ4v) is 2.26. The zero-order chi connectivity index (χ0) is 10.7. The first-order valence-corrected chi connectivity index (χ1v) is 5.54. The second-order valence-corrected chi connectivity index (χ2v) is 4.15. The summed E-state index contributed by atoms with van der Waals surface area (Å²) in [6.45, 7) is 1.43. The zero-order valence-corrected chi connectivity index (χ0v) is 9.03. The van der Waals surface area contributed by atoms with E-state index in [4.69, 9.17) is 4.74 Å². The monoisotopic (exact) mass is 204 g/mol. The Balaban J connectivity index is 2.14. The van der Waals surface area contributed by atoms with Gasteiger partial charge in [-0.05, 0) is 36.5 Å². The molecule has 2 heteroatoms. The number of hydrogen-bond donors (Lipinski definition) is 0. The molecule has 1 saturated carbocycles. The molecule has 0 bridgehead atoms. The Morgan fingerprint density at radius 2 is 2.07 bits per heavy atom. The van der Waals surface area contributed by atoms with Crippen molar-refractivity contribution in [1.29, 1.82) is 0 Å². The molecule has 0 spiro atoms. The van der Waals surface area contributed by atoms with Crippen molar-refractivity contribution in [2.45, 2.75) is 38.5 Å². The van der Waals surface area contributed by atoms with Gasteiger partial charge in [-0.2, -0.15) is 0 Å². The molecule has 0 heterocycles. The van der Waals surface area contributed by atoms with E-state index >= 15 is 0 Å². The van der Waals surface area contributed by atoms with E-state index in [1.807, 2.05) is 18.2 Å². The van der Waals surface area contributed by atoms with Crippen LogP contribution in [0.25, 0.3) is 0 Å². The Kier molecular flexibility index (Phi) is 3.05. The molecule has 1 aromatic rings. The van der Waals surface area contributed by atoms with Gasteiger partial charge in [-0.3, -0.25) is 4.79 Å². The van der Waals surface area contributed by atoms with Crippen LogP contribution in [0.5, 0.6) is 5.75 Å². The van der Waals surface area contributed by atoms with Crippen LogP contribution in [-0.4, -0.2) is 5.97 Å². The van der Waals surface area contributed by atoms with Crippen LogP contribution < -0.4 is 4.74 Å². The summed E-state index contributed by atoms with van der Waals surface area (Å²) in [5.41, 5.74) is 1.31. The number of hydrogen-bond acceptors (Lipinski definition) is 2. The molecule has 2 rings (SSSR count). The van der Waals surface area contributed by atoms with Crippen LogP contribution in [-0.2, 0) is 4.79 Å². The van der Waals surface area contributed by atoms with Crippen LogP contribution in [0.1, 0.15) is 44.1 Å². The number of carbonyl (C=O) groups excluding carboxylic acids is 1. The summed E-state index contributed by atoms with van der Waals surface area (Å²) in [5, 5.41) is 0. The van der Waals surface area contributed by atoms with Crippen LogP contribution in [0.3, 0.4) is 0 Å². The van der Waals surface area contributed by atoms with Crippen molar-refractivity contribution in [3.8, 4) is 5.75 Å². The van der Waals surface area contributed by atoms with Gasteiger partial charge in [0.1, 0.15) is 5.75 Å². The van der Waals surface area contributed by atoms with Crippen molar-refractivity contribution in [3.63, 3.8) is 0 Å². The van der Waals surface area contributed by atoms with Crippen LogP contribution in [0, 0.1) is 0 Å². The molecule has 2 nitrogen and oxygen atoms in total. The van der Waals surface area contributed by atoms with Gasteiger partial charge < -0.3 is 4.74 Å². The minimum Gasteiger partial charge on any atom is -0.427 e. The molecule has 0 aromatic heterocycles. The average molecular weight is 204 g/mol. The molecule has 0 aliphatic heterocycles. The van der Waals surface area contributed by atoms with Gasteiger partial charge in [-0.1, -0.05) is 25.0 Å². The SMILES string of the molecule is CC(=O)Oc1cccc(C2CCCC2)c1. The van der Waals surface area contributed by atoms with E-state index in [2.05, 4.69) is 6.07 Å². The third-order valence-electron chi connectivity index (χ3n) is 2.95. The largest absolute Gasteiger partial charge is 0.427 e. The minimum absolute atomic E-state index is 0.251. The fraction of sp³-hybridized carbons (Fsp3) is 0.462. The molecule has 15 heavy (non-hydrogen) atoms. The maximum atomic E-state index is 10.8. The average Bonchev–Trinajstić information content (AvgIpc) is 2.69. The quantitative estimate of drug-likeness (QED) is 0.546. The normalized spacial score (nSPS) is 16.6. The number of carbonyl (C=O) groups is 1. The van der Waals surface area contributed by atoms with Crippen LogP contribution in [0.4, 0.5) is 0 Å². The molecule has 0 saturated heterocycles. The lowest BCUT2D eigenvalue weighted by atomic mass is 9.98. The van der Waals surface area contributed by atoms with E-state index < -0.39 is 0 Å². The van der Waals surface area contributed by atoms with Crippen LogP contribution in [0.2, 0.25) is 0 Å². The molecule has 1 aromatic carbocycles. The van der Waals surface area contributed by atoms with Gasteiger partial charge in [0.2, 0.25) is 0 Å². The predicted molar refractivity (Wildman–Crippen MR) is 59.0 cm³/mol. The topological polar surface area (TPSA) is 26.3 Å². The maximum Gasteiger partial charge on any atom is 0.308 e. The highest BCUT2D eigenvalue weighted by molar-refractivity contribution is 5.69. The summed E-state index contributed by atoms with van der Waals surface area (Å²) in [6, 6.07) is 7.92. The number of esters is 1. The molecule has 0 unspecified atom stereocenters. The Bertz CT molecular complexity index is 351. The molecular weight excluding hydrogens is 188 g/mol. The van der Waals surface area contributed by atoms with E-state index in [1.165, 1.54) is 38.2 Å². The van der Waals surface area contributed by atoms with E-state index in [1.54, 1.807) is 0 Å². The highest BCUT2D eigenvalue weighted by Crippen LogP contribution is 2.35. The van der Waals surface area contributed by atoms with Gasteiger partial charge in [0.15, 0.2) is 0 Å². The third kappa shape index (κ3) is 2.58. The Labute approximate surface area is 90.3 Å². The number of ether oxygens (including phenoxy) is 1. The van der Waals surface area contributed by atoms with Gasteiger partial charge >= 0.3 is 5.97 Å². The number of rotatable bonds is 2. The van der Waals surface area contributed by atoms with E-state index in [0.29, 0.717) is 11.7 Å². The highest BCUT2D eigenvalue weighted by atomic mass is 16.5. The molecule has 0 atom stereocenters. The second kappa shape index (κ2) is 4.47. The van der Waals surface area contributed by atoms with Gasteiger partial charge in [-0.25, -0.2) is 0 Å². The third-order valence-corrected chi connectivity index (χ3v) is 2.95. The minimum atomic E-state index is -0.251. The van der Waals surface area contributed by atoms with E-state index in [0.717, 1.165) is 0 Å². The first kappa shape index (κ1) is 10.2. The lowest BCUT2D eigenvalue weighted by Gasteiger charge is -2.10. The van der Waals surface area contributed by atoms with Crippen LogP contribution >= 0.6 is 0 Å². The molecule has 1 aliphatic carbocycles. The van der Waals surface area contributed by atoms with E-state index in [-0.39, 0.29) is 5.97 Å². The maximum absolute atomic E-state index is 10.8. The summed E-state index contributed by atoms with van der Waals surface area (Å²) in [7, 11) is 0. The van der Waals surface area contributed by atoms with Crippen molar-refractivity contribution in [2.75, 3.05) is 0 Å². The fourth-order valence-electron chi connectivity index (χ4n) is 2.26. The lowest BCUT2D eigenvalue weighted by Crippen LogP contribution is -2.02. The lowest BCUT2D eigenvalue weighted by molar-refractivity contribution is -0.131. The van der Waals surface area contributed by atoms with Crippen molar-refractivity contribution in [1.82, 2.24) is 0 Å². The highest BCUT2D eigenvalue weighted by Gasteiger charge is 2.17. The molecule has 80 valence electrons. The summed E-state index contributed by atoms with van der Waals surface area (Å²) in [4.78, 5) is 10.8. The molecular formula is C13H16O2. The zero-order valence-electron chi connectivity index (χ0n) is 9.03. The van der Waals surface area contributed by atoms with Gasteiger partial charge in [0.25, 0.3) is 0 Å². The first-order valence-electron chi connectivity index (χ1n) is 5.54. The van der Waals surface area contributed by atoms with Gasteiger partial charge in [0, 0.05) is 6.92 Å².